The van der Waals surface area contributed by atoms with Crippen molar-refractivity contribution in [3.05, 3.63) is 29.6 Å². The average molecular weight is 280 g/mol. The molecule has 1 aromatic rings. The Bertz CT molecular complexity index is 473. The highest BCUT2D eigenvalue weighted by Crippen LogP contribution is 2.23. The third-order valence-electron chi connectivity index (χ3n) is 3.69. The smallest absolute Gasteiger partial charge is 0.260 e. The lowest BCUT2D eigenvalue weighted by molar-refractivity contribution is 0.0756. The molecular formula is C15H21FN2O2. The topological polar surface area (TPSA) is 41.6 Å². The Morgan fingerprint density at radius 3 is 3.00 bits per heavy atom. The molecule has 110 valence electrons. The van der Waals surface area contributed by atoms with E-state index in [1.807, 2.05) is 0 Å². The van der Waals surface area contributed by atoms with Gasteiger partial charge in [0, 0.05) is 13.6 Å². The summed E-state index contributed by atoms with van der Waals surface area (Å²) >= 11 is 0. The summed E-state index contributed by atoms with van der Waals surface area (Å²) in [6, 6.07) is 4.42. The third-order valence-corrected chi connectivity index (χ3v) is 3.69. The van der Waals surface area contributed by atoms with E-state index in [0.717, 1.165) is 25.9 Å². The lowest BCUT2D eigenvalue weighted by Gasteiger charge is -2.28. The molecular weight excluding hydrogens is 259 g/mol. The number of halogens is 1. The number of nitrogens with zero attached hydrogens (tertiary/aromatic N) is 1. The summed E-state index contributed by atoms with van der Waals surface area (Å²) in [5.74, 6) is -0.160. The van der Waals surface area contributed by atoms with Crippen LogP contribution in [-0.2, 0) is 0 Å². The van der Waals surface area contributed by atoms with Crippen molar-refractivity contribution in [2.24, 2.45) is 5.92 Å². The third kappa shape index (κ3) is 3.28. The van der Waals surface area contributed by atoms with Gasteiger partial charge in [-0.05, 0) is 44.0 Å². The molecule has 4 nitrogen and oxygen atoms in total. The van der Waals surface area contributed by atoms with Gasteiger partial charge in [-0.25, -0.2) is 4.39 Å². The van der Waals surface area contributed by atoms with Crippen molar-refractivity contribution < 1.29 is 13.9 Å². The predicted octanol–water partition coefficient (Wildman–Crippen LogP) is 1.91. The summed E-state index contributed by atoms with van der Waals surface area (Å²) in [6.07, 6.45) is 2.22. The molecule has 0 bridgehead atoms. The van der Waals surface area contributed by atoms with Gasteiger partial charge >= 0.3 is 0 Å². The highest BCUT2D eigenvalue weighted by molar-refractivity contribution is 5.97. The monoisotopic (exact) mass is 280 g/mol. The number of ether oxygens (including phenoxy) is 1. The van der Waals surface area contributed by atoms with Crippen LogP contribution in [0.1, 0.15) is 23.2 Å². The van der Waals surface area contributed by atoms with Crippen molar-refractivity contribution in [3.8, 4) is 5.75 Å². The van der Waals surface area contributed by atoms with Crippen molar-refractivity contribution in [2.75, 3.05) is 33.8 Å². The molecule has 1 aromatic carbocycles. The highest BCUT2D eigenvalue weighted by atomic mass is 19.1. The molecule has 1 aliphatic rings. The second-order valence-electron chi connectivity index (χ2n) is 5.22. The fraction of sp³-hybridized carbons (Fsp3) is 0.533. The Morgan fingerprint density at radius 1 is 1.55 bits per heavy atom. The van der Waals surface area contributed by atoms with E-state index in [9.17, 15) is 9.18 Å². The molecule has 5 heteroatoms. The van der Waals surface area contributed by atoms with Gasteiger partial charge in [-0.2, -0.15) is 0 Å². The van der Waals surface area contributed by atoms with Crippen LogP contribution in [0.5, 0.6) is 5.75 Å². The molecule has 1 aliphatic heterocycles. The number of benzene rings is 1. The van der Waals surface area contributed by atoms with Gasteiger partial charge in [-0.3, -0.25) is 4.79 Å². The Labute approximate surface area is 118 Å². The lowest BCUT2D eigenvalue weighted by Crippen LogP contribution is -2.39. The average Bonchev–Trinajstić information content (AvgIpc) is 2.47. The maximum absolute atomic E-state index is 13.9. The molecule has 0 spiro atoms. The first-order valence-corrected chi connectivity index (χ1v) is 6.92. The summed E-state index contributed by atoms with van der Waals surface area (Å²) in [4.78, 5) is 14.0. The summed E-state index contributed by atoms with van der Waals surface area (Å²) in [5, 5.41) is 3.32. The molecule has 1 amide bonds. The van der Waals surface area contributed by atoms with Crippen LogP contribution < -0.4 is 10.1 Å². The number of nitrogens with one attached hydrogen (secondary N) is 1. The molecule has 1 unspecified atom stereocenters. The molecule has 2 rings (SSSR count). The molecule has 0 saturated carbocycles. The number of hydrogen-bond donors (Lipinski definition) is 1. The van der Waals surface area contributed by atoms with Crippen molar-refractivity contribution in [2.45, 2.75) is 12.8 Å². The van der Waals surface area contributed by atoms with Crippen LogP contribution in [0.25, 0.3) is 0 Å². The van der Waals surface area contributed by atoms with Crippen LogP contribution in [0.3, 0.4) is 0 Å². The minimum Gasteiger partial charge on any atom is -0.496 e. The summed E-state index contributed by atoms with van der Waals surface area (Å²) in [6.45, 7) is 2.57. The predicted molar refractivity (Wildman–Crippen MR) is 75.5 cm³/mol. The van der Waals surface area contributed by atoms with E-state index in [4.69, 9.17) is 4.74 Å². The van der Waals surface area contributed by atoms with Crippen LogP contribution in [-0.4, -0.2) is 44.6 Å². The van der Waals surface area contributed by atoms with Crippen LogP contribution in [0.15, 0.2) is 18.2 Å². The standard InChI is InChI=1S/C15H21FN2O2/c1-18(10-11-5-4-8-17-9-11)15(19)14-12(16)6-3-7-13(14)20-2/h3,6-7,11,17H,4-5,8-10H2,1-2H3. The van der Waals surface area contributed by atoms with Crippen molar-refractivity contribution in [1.29, 1.82) is 0 Å². The maximum atomic E-state index is 13.9. The fourth-order valence-corrected chi connectivity index (χ4v) is 2.62. The van der Waals surface area contributed by atoms with Crippen LogP contribution in [0.2, 0.25) is 0 Å². The molecule has 1 N–H and O–H groups in total. The van der Waals surface area contributed by atoms with E-state index in [1.165, 1.54) is 19.2 Å². The second kappa shape index (κ2) is 6.70. The lowest BCUT2D eigenvalue weighted by atomic mass is 9.99. The fourth-order valence-electron chi connectivity index (χ4n) is 2.62. The van der Waals surface area contributed by atoms with Gasteiger partial charge < -0.3 is 15.0 Å². The van der Waals surface area contributed by atoms with Crippen LogP contribution in [0.4, 0.5) is 4.39 Å². The van der Waals surface area contributed by atoms with Gasteiger partial charge in [0.25, 0.3) is 5.91 Å². The minimum absolute atomic E-state index is 0.0151. The zero-order valence-electron chi connectivity index (χ0n) is 12.0. The van der Waals surface area contributed by atoms with E-state index >= 15 is 0 Å². The quantitative estimate of drug-likeness (QED) is 0.916. The van der Waals surface area contributed by atoms with E-state index < -0.39 is 5.82 Å². The van der Waals surface area contributed by atoms with Crippen LogP contribution >= 0.6 is 0 Å². The number of methoxy groups -OCH3 is 1. The Kier molecular flexibility index (Phi) is 4.95. The number of piperidine rings is 1. The first-order valence-electron chi connectivity index (χ1n) is 6.92. The van der Waals surface area contributed by atoms with Gasteiger partial charge in [0.05, 0.1) is 7.11 Å². The Balaban J connectivity index is 2.10. The van der Waals surface area contributed by atoms with Gasteiger partial charge in [0.2, 0.25) is 0 Å². The van der Waals surface area contributed by atoms with Gasteiger partial charge in [0.15, 0.2) is 0 Å². The zero-order chi connectivity index (χ0) is 14.5. The Morgan fingerprint density at radius 2 is 2.35 bits per heavy atom. The van der Waals surface area contributed by atoms with E-state index in [0.29, 0.717) is 12.5 Å². The minimum atomic E-state index is -0.539. The summed E-state index contributed by atoms with van der Waals surface area (Å²) < 4.78 is 19.0. The van der Waals surface area contributed by atoms with Gasteiger partial charge in [-0.1, -0.05) is 6.07 Å². The summed E-state index contributed by atoms with van der Waals surface area (Å²) in [5.41, 5.74) is 0.0151. The number of rotatable bonds is 4. The van der Waals surface area contributed by atoms with E-state index in [1.54, 1.807) is 18.0 Å². The number of carbonyl (C=O) groups excluding carboxylic acids is 1. The normalized spacial score (nSPS) is 18.6. The highest BCUT2D eigenvalue weighted by Gasteiger charge is 2.23. The number of hydrogen-bond acceptors (Lipinski definition) is 3. The van der Waals surface area contributed by atoms with Crippen molar-refractivity contribution >= 4 is 5.91 Å². The molecule has 1 atom stereocenters. The molecule has 1 fully saturated rings. The van der Waals surface area contributed by atoms with Crippen molar-refractivity contribution in [1.82, 2.24) is 10.2 Å². The van der Waals surface area contributed by atoms with E-state index in [-0.39, 0.29) is 17.2 Å². The van der Waals surface area contributed by atoms with Gasteiger partial charge in [-0.15, -0.1) is 0 Å². The van der Waals surface area contributed by atoms with Crippen LogP contribution in [0, 0.1) is 11.7 Å². The molecule has 1 saturated heterocycles. The maximum Gasteiger partial charge on any atom is 0.260 e. The molecule has 0 radical (unpaired) electrons. The van der Waals surface area contributed by atoms with Crippen molar-refractivity contribution in [3.63, 3.8) is 0 Å². The van der Waals surface area contributed by atoms with E-state index in [2.05, 4.69) is 5.32 Å². The molecule has 0 aromatic heterocycles. The summed E-state index contributed by atoms with van der Waals surface area (Å²) in [7, 11) is 3.15. The second-order valence-corrected chi connectivity index (χ2v) is 5.22. The first-order chi connectivity index (χ1) is 9.63. The Hall–Kier alpha value is -1.62. The number of amides is 1. The van der Waals surface area contributed by atoms with Gasteiger partial charge in [0.1, 0.15) is 17.1 Å². The zero-order valence-corrected chi connectivity index (χ0v) is 12.0. The largest absolute Gasteiger partial charge is 0.496 e. The molecule has 0 aliphatic carbocycles. The number of carbonyl (C=O) groups is 1. The molecule has 1 heterocycles. The first kappa shape index (κ1) is 14.8. The SMILES string of the molecule is COc1cccc(F)c1C(=O)N(C)CC1CCCNC1. The molecule has 20 heavy (non-hydrogen) atoms.